The van der Waals surface area contributed by atoms with E-state index < -0.39 is 44.4 Å². The first-order valence-corrected chi connectivity index (χ1v) is 15.3. The molecule has 0 spiro atoms. The second-order valence-corrected chi connectivity index (χ2v) is 13.0. The Labute approximate surface area is 217 Å². The number of esters is 1. The van der Waals surface area contributed by atoms with Gasteiger partial charge in [-0.15, -0.1) is 0 Å². The van der Waals surface area contributed by atoms with Gasteiger partial charge in [-0.25, -0.2) is 21.6 Å². The van der Waals surface area contributed by atoms with Gasteiger partial charge in [-0.3, -0.25) is 9.10 Å². The Morgan fingerprint density at radius 2 is 1.92 bits per heavy atom. The van der Waals surface area contributed by atoms with Crippen molar-refractivity contribution in [2.45, 2.75) is 37.1 Å². The van der Waals surface area contributed by atoms with Crippen molar-refractivity contribution in [2.75, 3.05) is 42.6 Å². The summed E-state index contributed by atoms with van der Waals surface area (Å²) in [4.78, 5) is 26.7. The molecule has 0 bridgehead atoms. The van der Waals surface area contributed by atoms with E-state index in [4.69, 9.17) is 9.47 Å². The van der Waals surface area contributed by atoms with Gasteiger partial charge >= 0.3 is 5.97 Å². The highest BCUT2D eigenvalue weighted by molar-refractivity contribution is 7.93. The van der Waals surface area contributed by atoms with Gasteiger partial charge in [0.25, 0.3) is 15.9 Å². The number of benzene rings is 2. The average molecular weight is 551 g/mol. The van der Waals surface area contributed by atoms with Crippen LogP contribution < -0.4 is 9.04 Å². The maximum absolute atomic E-state index is 13.7. The van der Waals surface area contributed by atoms with Gasteiger partial charge in [-0.05, 0) is 56.0 Å². The highest BCUT2D eigenvalue weighted by atomic mass is 32.2. The molecule has 2 aliphatic rings. The molecule has 200 valence electrons. The molecule has 1 amide bonds. The molecule has 0 aromatic heterocycles. The van der Waals surface area contributed by atoms with Crippen LogP contribution in [0.3, 0.4) is 0 Å². The second-order valence-electron chi connectivity index (χ2n) is 8.99. The van der Waals surface area contributed by atoms with E-state index in [-0.39, 0.29) is 40.8 Å². The van der Waals surface area contributed by atoms with Crippen LogP contribution in [0.5, 0.6) is 5.75 Å². The van der Waals surface area contributed by atoms with Crippen LogP contribution in [0.25, 0.3) is 0 Å². The number of fused-ring (bicyclic) bond motifs is 1. The highest BCUT2D eigenvalue weighted by Gasteiger charge is 2.35. The van der Waals surface area contributed by atoms with Gasteiger partial charge in [-0.2, -0.15) is 0 Å². The number of carbonyl (C=O) groups is 2. The number of para-hydroxylation sites is 1. The topological polar surface area (TPSA) is 127 Å². The molecule has 2 heterocycles. The fourth-order valence-electron chi connectivity index (χ4n) is 4.83. The smallest absolute Gasteiger partial charge is 0.338 e. The SMILES string of the molecule is CCN(C(=O)COC(=O)c1ccc(OC)c(S(=O)(=O)N2CCCc3ccccc32)c1)[C@@H]1CCS(=O)(=O)C1. The summed E-state index contributed by atoms with van der Waals surface area (Å²) in [6.07, 6.45) is 1.76. The van der Waals surface area contributed by atoms with Crippen molar-refractivity contribution in [3.05, 3.63) is 53.6 Å². The van der Waals surface area contributed by atoms with Crippen LogP contribution in [0.2, 0.25) is 0 Å². The number of sulfone groups is 1. The summed E-state index contributed by atoms with van der Waals surface area (Å²) in [6.45, 7) is 1.70. The predicted molar refractivity (Wildman–Crippen MR) is 137 cm³/mol. The molecule has 0 aliphatic carbocycles. The van der Waals surface area contributed by atoms with Crippen molar-refractivity contribution in [1.29, 1.82) is 0 Å². The Morgan fingerprint density at radius 1 is 1.16 bits per heavy atom. The van der Waals surface area contributed by atoms with E-state index in [1.165, 1.54) is 34.5 Å². The van der Waals surface area contributed by atoms with E-state index in [9.17, 15) is 26.4 Å². The number of hydrogen-bond acceptors (Lipinski definition) is 8. The molecule has 2 aromatic carbocycles. The lowest BCUT2D eigenvalue weighted by Crippen LogP contribution is -2.43. The Balaban J connectivity index is 1.53. The molecule has 2 aromatic rings. The third-order valence-electron chi connectivity index (χ3n) is 6.67. The minimum absolute atomic E-state index is 0.0197. The maximum atomic E-state index is 13.7. The zero-order valence-corrected chi connectivity index (χ0v) is 22.4. The van der Waals surface area contributed by atoms with E-state index >= 15 is 0 Å². The number of rotatable bonds is 8. The third kappa shape index (κ3) is 5.59. The highest BCUT2D eigenvalue weighted by Crippen LogP contribution is 2.35. The van der Waals surface area contributed by atoms with Gasteiger partial charge in [0.1, 0.15) is 10.6 Å². The summed E-state index contributed by atoms with van der Waals surface area (Å²) >= 11 is 0. The van der Waals surface area contributed by atoms with Crippen LogP contribution in [0.1, 0.15) is 35.7 Å². The molecule has 1 atom stereocenters. The number of sulfonamides is 1. The lowest BCUT2D eigenvalue weighted by Gasteiger charge is -2.31. The lowest BCUT2D eigenvalue weighted by atomic mass is 10.0. The van der Waals surface area contributed by atoms with Gasteiger partial charge < -0.3 is 14.4 Å². The molecule has 10 nitrogen and oxygen atoms in total. The molecular formula is C25H30N2O8S2. The minimum Gasteiger partial charge on any atom is -0.495 e. The fraction of sp³-hybridized carbons (Fsp3) is 0.440. The average Bonchev–Trinajstić information content (AvgIpc) is 3.25. The van der Waals surface area contributed by atoms with Crippen LogP contribution >= 0.6 is 0 Å². The fourth-order valence-corrected chi connectivity index (χ4v) is 8.28. The Hall–Kier alpha value is -3.12. The molecule has 1 fully saturated rings. The molecule has 2 aliphatic heterocycles. The van der Waals surface area contributed by atoms with E-state index in [2.05, 4.69) is 0 Å². The van der Waals surface area contributed by atoms with Crippen molar-refractivity contribution in [3.8, 4) is 5.75 Å². The van der Waals surface area contributed by atoms with E-state index in [1.54, 1.807) is 19.1 Å². The van der Waals surface area contributed by atoms with E-state index in [0.717, 1.165) is 12.0 Å². The minimum atomic E-state index is -4.08. The molecule has 1 saturated heterocycles. The predicted octanol–water partition coefficient (Wildman–Crippen LogP) is 2.03. The summed E-state index contributed by atoms with van der Waals surface area (Å²) in [5, 5.41) is 0. The van der Waals surface area contributed by atoms with E-state index in [1.807, 2.05) is 12.1 Å². The number of nitrogens with zero attached hydrogens (tertiary/aromatic N) is 2. The number of hydrogen-bond donors (Lipinski definition) is 0. The molecule has 0 N–H and O–H groups in total. The molecular weight excluding hydrogens is 520 g/mol. The zero-order valence-electron chi connectivity index (χ0n) is 20.8. The van der Waals surface area contributed by atoms with Crippen LogP contribution in [-0.4, -0.2) is 78.0 Å². The molecule has 0 radical (unpaired) electrons. The molecule has 0 unspecified atom stereocenters. The van der Waals surface area contributed by atoms with E-state index in [0.29, 0.717) is 18.5 Å². The van der Waals surface area contributed by atoms with Gasteiger partial charge in [0, 0.05) is 19.1 Å². The lowest BCUT2D eigenvalue weighted by molar-refractivity contribution is -0.136. The van der Waals surface area contributed by atoms with Crippen molar-refractivity contribution >= 4 is 37.4 Å². The summed E-state index contributed by atoms with van der Waals surface area (Å²) < 4.78 is 62.8. The Morgan fingerprint density at radius 3 is 2.59 bits per heavy atom. The standard InChI is InChI=1S/C25H30N2O8S2/c1-3-26(20-12-14-36(30,31)17-20)24(28)16-35-25(29)19-10-11-22(34-2)23(15-19)37(32,33)27-13-6-8-18-7-4-5-9-21(18)27/h4-5,7,9-11,15,20H,3,6,8,12-14,16-17H2,1-2H3/t20-/m1/s1. The van der Waals surface area contributed by atoms with Gasteiger partial charge in [-0.1, -0.05) is 18.2 Å². The van der Waals surface area contributed by atoms with Crippen molar-refractivity contribution < 1.29 is 35.9 Å². The summed E-state index contributed by atoms with van der Waals surface area (Å²) in [5.74, 6) is -1.40. The monoisotopic (exact) mass is 550 g/mol. The molecule has 0 saturated carbocycles. The van der Waals surface area contributed by atoms with Crippen LogP contribution in [0, 0.1) is 0 Å². The van der Waals surface area contributed by atoms with Gasteiger partial charge in [0.05, 0.1) is 29.9 Å². The number of methoxy groups -OCH3 is 1. The Kier molecular flexibility index (Phi) is 7.79. The van der Waals surface area contributed by atoms with Crippen molar-refractivity contribution in [1.82, 2.24) is 4.90 Å². The van der Waals surface area contributed by atoms with Gasteiger partial charge in [0.2, 0.25) is 0 Å². The van der Waals surface area contributed by atoms with Gasteiger partial charge in [0.15, 0.2) is 16.4 Å². The number of aryl methyl sites for hydroxylation is 1. The van der Waals surface area contributed by atoms with Crippen molar-refractivity contribution in [2.24, 2.45) is 0 Å². The normalized spacial score (nSPS) is 18.6. The summed E-state index contributed by atoms with van der Waals surface area (Å²) in [6, 6.07) is 10.8. The zero-order chi connectivity index (χ0) is 26.8. The Bertz CT molecular complexity index is 1410. The number of amides is 1. The number of anilines is 1. The number of likely N-dealkylation sites (N-methyl/N-ethyl adjacent to an activating group) is 1. The summed E-state index contributed by atoms with van der Waals surface area (Å²) in [7, 11) is -5.92. The van der Waals surface area contributed by atoms with Crippen LogP contribution in [0.4, 0.5) is 5.69 Å². The van der Waals surface area contributed by atoms with Crippen LogP contribution in [-0.2, 0) is 35.8 Å². The third-order valence-corrected chi connectivity index (χ3v) is 10.3. The molecule has 12 heteroatoms. The second kappa shape index (κ2) is 10.7. The first kappa shape index (κ1) is 26.9. The number of ether oxygens (including phenoxy) is 2. The summed E-state index contributed by atoms with van der Waals surface area (Å²) in [5.41, 5.74) is 1.45. The number of carbonyl (C=O) groups excluding carboxylic acids is 2. The maximum Gasteiger partial charge on any atom is 0.338 e. The first-order valence-electron chi connectivity index (χ1n) is 12.0. The molecule has 37 heavy (non-hydrogen) atoms. The first-order chi connectivity index (χ1) is 17.6. The van der Waals surface area contributed by atoms with Crippen LogP contribution in [0.15, 0.2) is 47.4 Å². The largest absolute Gasteiger partial charge is 0.495 e. The molecule has 4 rings (SSSR count). The van der Waals surface area contributed by atoms with Crippen molar-refractivity contribution in [3.63, 3.8) is 0 Å². The quantitative estimate of drug-likeness (QED) is 0.457.